The molecule has 0 amide bonds. The van der Waals surface area contributed by atoms with Crippen molar-refractivity contribution in [1.82, 2.24) is 0 Å². The summed E-state index contributed by atoms with van der Waals surface area (Å²) in [4.78, 5) is 12.3. The molecule has 2 heteroatoms. The first-order valence-electron chi connectivity index (χ1n) is 5.59. The minimum atomic E-state index is 0.0497. The maximum atomic E-state index is 12.3. The fourth-order valence-corrected chi connectivity index (χ4v) is 2.13. The lowest BCUT2D eigenvalue weighted by atomic mass is 10.1. The Balaban J connectivity index is 2.62. The molecule has 1 aromatic heterocycles. The first-order chi connectivity index (χ1) is 8.16. The van der Waals surface area contributed by atoms with Crippen molar-refractivity contribution in [2.24, 2.45) is 0 Å². The van der Waals surface area contributed by atoms with Crippen LogP contribution in [0.5, 0.6) is 0 Å². The Kier molecular flexibility index (Phi) is 2.05. The van der Waals surface area contributed by atoms with Crippen LogP contribution in [0.2, 0.25) is 0 Å². The number of fused-ring (bicyclic) bond motifs is 2. The van der Waals surface area contributed by atoms with Crippen molar-refractivity contribution in [2.75, 3.05) is 0 Å². The minimum absolute atomic E-state index is 0.0497. The summed E-state index contributed by atoms with van der Waals surface area (Å²) in [6, 6.07) is 11.3. The summed E-state index contributed by atoms with van der Waals surface area (Å²) in [7, 11) is 0. The summed E-state index contributed by atoms with van der Waals surface area (Å²) in [5.74, 6) is 0. The molecule has 0 aliphatic heterocycles. The fourth-order valence-electron chi connectivity index (χ4n) is 2.13. The highest BCUT2D eigenvalue weighted by molar-refractivity contribution is 5.91. The third-order valence-corrected chi connectivity index (χ3v) is 3.05. The van der Waals surface area contributed by atoms with Crippen molar-refractivity contribution >= 4 is 21.9 Å². The van der Waals surface area contributed by atoms with Crippen LogP contribution in [0.15, 0.2) is 45.6 Å². The van der Waals surface area contributed by atoms with Crippen LogP contribution in [0.4, 0.5) is 0 Å². The van der Waals surface area contributed by atoms with Crippen LogP contribution in [-0.2, 0) is 0 Å². The Bertz CT molecular complexity index is 775. The van der Waals surface area contributed by atoms with E-state index in [1.165, 1.54) is 0 Å². The predicted octanol–water partition coefficient (Wildman–Crippen LogP) is 3.56. The van der Waals surface area contributed by atoms with E-state index in [0.29, 0.717) is 21.9 Å². The lowest BCUT2D eigenvalue weighted by molar-refractivity contribution is 0.656. The largest absolute Gasteiger partial charge is 0.456 e. The number of hydrogen-bond acceptors (Lipinski definition) is 2. The molecular weight excluding hydrogens is 212 g/mol. The Labute approximate surface area is 98.5 Å². The summed E-state index contributed by atoms with van der Waals surface area (Å²) in [6.45, 7) is 3.92. The molecule has 0 N–H and O–H groups in total. The summed E-state index contributed by atoms with van der Waals surface area (Å²) in [6.07, 6.45) is 0. The van der Waals surface area contributed by atoms with Crippen LogP contribution in [0.3, 0.4) is 0 Å². The van der Waals surface area contributed by atoms with Gasteiger partial charge in [-0.1, -0.05) is 23.8 Å². The third kappa shape index (κ3) is 1.45. The highest BCUT2D eigenvalue weighted by Gasteiger charge is 2.08. The molecule has 0 radical (unpaired) electrons. The van der Waals surface area contributed by atoms with E-state index in [0.717, 1.165) is 11.1 Å². The minimum Gasteiger partial charge on any atom is -0.456 e. The van der Waals surface area contributed by atoms with Crippen LogP contribution in [-0.4, -0.2) is 0 Å². The van der Waals surface area contributed by atoms with E-state index in [4.69, 9.17) is 4.42 Å². The normalized spacial score (nSPS) is 11.2. The fraction of sp³-hybridized carbons (Fsp3) is 0.133. The second-order valence-electron chi connectivity index (χ2n) is 4.38. The molecule has 17 heavy (non-hydrogen) atoms. The molecule has 2 aromatic carbocycles. The SMILES string of the molecule is Cc1ccc2oc3c(C)cccc3c(=O)c2c1. The van der Waals surface area contributed by atoms with E-state index >= 15 is 0 Å². The Hall–Kier alpha value is -2.09. The molecule has 2 nitrogen and oxygen atoms in total. The highest BCUT2D eigenvalue weighted by Crippen LogP contribution is 2.21. The molecule has 3 aromatic rings. The van der Waals surface area contributed by atoms with Gasteiger partial charge in [-0.05, 0) is 37.6 Å². The number of hydrogen-bond donors (Lipinski definition) is 0. The molecule has 0 saturated heterocycles. The van der Waals surface area contributed by atoms with E-state index in [-0.39, 0.29) is 5.43 Å². The monoisotopic (exact) mass is 224 g/mol. The molecule has 0 aliphatic carbocycles. The molecular formula is C15H12O2. The quantitative estimate of drug-likeness (QED) is 0.546. The van der Waals surface area contributed by atoms with Crippen molar-refractivity contribution < 1.29 is 4.42 Å². The molecule has 1 heterocycles. The van der Waals surface area contributed by atoms with Gasteiger partial charge in [0.15, 0.2) is 0 Å². The second-order valence-corrected chi connectivity index (χ2v) is 4.38. The van der Waals surface area contributed by atoms with Gasteiger partial charge in [-0.15, -0.1) is 0 Å². The summed E-state index contributed by atoms with van der Waals surface area (Å²) < 4.78 is 5.81. The topological polar surface area (TPSA) is 30.2 Å². The average molecular weight is 224 g/mol. The first-order valence-corrected chi connectivity index (χ1v) is 5.59. The van der Waals surface area contributed by atoms with Gasteiger partial charge < -0.3 is 4.42 Å². The third-order valence-electron chi connectivity index (χ3n) is 3.05. The Morgan fingerprint density at radius 3 is 2.65 bits per heavy atom. The molecule has 0 bridgehead atoms. The smallest absolute Gasteiger partial charge is 0.200 e. The summed E-state index contributed by atoms with van der Waals surface area (Å²) >= 11 is 0. The molecule has 84 valence electrons. The standard InChI is InChI=1S/C15H12O2/c1-9-6-7-13-12(8-9)14(16)11-5-3-4-10(2)15(11)17-13/h3-8H,1-2H3. The van der Waals surface area contributed by atoms with Gasteiger partial charge in [0.1, 0.15) is 11.2 Å². The number of benzene rings is 2. The van der Waals surface area contributed by atoms with E-state index in [1.54, 1.807) is 0 Å². The molecule has 3 rings (SSSR count). The van der Waals surface area contributed by atoms with E-state index in [2.05, 4.69) is 0 Å². The Morgan fingerprint density at radius 2 is 1.82 bits per heavy atom. The van der Waals surface area contributed by atoms with Gasteiger partial charge in [0, 0.05) is 0 Å². The molecule has 0 saturated carbocycles. The van der Waals surface area contributed by atoms with Crippen LogP contribution >= 0.6 is 0 Å². The number of aryl methyl sites for hydroxylation is 2. The van der Waals surface area contributed by atoms with Crippen LogP contribution in [0.1, 0.15) is 11.1 Å². The van der Waals surface area contributed by atoms with Crippen molar-refractivity contribution in [3.05, 3.63) is 57.7 Å². The van der Waals surface area contributed by atoms with Gasteiger partial charge in [0.05, 0.1) is 10.8 Å². The maximum absolute atomic E-state index is 12.3. The lowest BCUT2D eigenvalue weighted by Gasteiger charge is -2.04. The van der Waals surface area contributed by atoms with Gasteiger partial charge in [0.2, 0.25) is 5.43 Å². The summed E-state index contributed by atoms with van der Waals surface area (Å²) in [5.41, 5.74) is 3.45. The predicted molar refractivity (Wildman–Crippen MR) is 69.5 cm³/mol. The molecule has 0 atom stereocenters. The molecule has 0 spiro atoms. The maximum Gasteiger partial charge on any atom is 0.200 e. The zero-order chi connectivity index (χ0) is 12.0. The van der Waals surface area contributed by atoms with E-state index in [9.17, 15) is 4.79 Å². The summed E-state index contributed by atoms with van der Waals surface area (Å²) in [5, 5.41) is 1.31. The second kappa shape index (κ2) is 3.45. The molecule has 0 fully saturated rings. The van der Waals surface area contributed by atoms with Crippen LogP contribution in [0.25, 0.3) is 21.9 Å². The van der Waals surface area contributed by atoms with Gasteiger partial charge in [-0.25, -0.2) is 0 Å². The number of para-hydroxylation sites is 1. The molecule has 0 aliphatic rings. The number of rotatable bonds is 0. The van der Waals surface area contributed by atoms with Crippen molar-refractivity contribution in [3.63, 3.8) is 0 Å². The Morgan fingerprint density at radius 1 is 1.00 bits per heavy atom. The lowest BCUT2D eigenvalue weighted by Crippen LogP contribution is -2.02. The van der Waals surface area contributed by atoms with Gasteiger partial charge in [-0.3, -0.25) is 4.79 Å². The first kappa shape index (κ1) is 10.1. The van der Waals surface area contributed by atoms with Gasteiger partial charge in [-0.2, -0.15) is 0 Å². The van der Waals surface area contributed by atoms with Crippen molar-refractivity contribution in [2.45, 2.75) is 13.8 Å². The average Bonchev–Trinajstić information content (AvgIpc) is 2.32. The zero-order valence-corrected chi connectivity index (χ0v) is 9.78. The van der Waals surface area contributed by atoms with Gasteiger partial charge in [0.25, 0.3) is 0 Å². The molecule has 0 unspecified atom stereocenters. The van der Waals surface area contributed by atoms with E-state index < -0.39 is 0 Å². The zero-order valence-electron chi connectivity index (χ0n) is 9.78. The van der Waals surface area contributed by atoms with Crippen molar-refractivity contribution in [1.29, 1.82) is 0 Å². The van der Waals surface area contributed by atoms with E-state index in [1.807, 2.05) is 50.2 Å². The van der Waals surface area contributed by atoms with Crippen LogP contribution < -0.4 is 5.43 Å². The highest BCUT2D eigenvalue weighted by atomic mass is 16.3. The van der Waals surface area contributed by atoms with Crippen molar-refractivity contribution in [3.8, 4) is 0 Å². The van der Waals surface area contributed by atoms with Gasteiger partial charge >= 0.3 is 0 Å². The van der Waals surface area contributed by atoms with Crippen LogP contribution in [0, 0.1) is 13.8 Å².